The molecule has 0 amide bonds. The third-order valence-electron chi connectivity index (χ3n) is 3.52. The number of hydrogen-bond acceptors (Lipinski definition) is 6. The standard InChI is InChI=1S/C18H16O6/c1-21-18(20)16(12-5-3-2-4-6-12)24-17(19)13-7-8-14-15(11-13)23-10-9-22-14/h2-8,11,16H,9-10H2,1H3. The van der Waals surface area contributed by atoms with Crippen molar-refractivity contribution in [3.05, 3.63) is 59.7 Å². The quantitative estimate of drug-likeness (QED) is 0.803. The van der Waals surface area contributed by atoms with Crippen molar-refractivity contribution in [3.8, 4) is 11.5 Å². The number of methoxy groups -OCH3 is 1. The molecule has 0 aromatic heterocycles. The maximum absolute atomic E-state index is 12.4. The van der Waals surface area contributed by atoms with Gasteiger partial charge in [0, 0.05) is 5.56 Å². The predicted octanol–water partition coefficient (Wildman–Crippen LogP) is 2.53. The highest BCUT2D eigenvalue weighted by Crippen LogP contribution is 2.31. The van der Waals surface area contributed by atoms with E-state index in [9.17, 15) is 9.59 Å². The Morgan fingerprint density at radius 3 is 2.42 bits per heavy atom. The molecule has 3 rings (SSSR count). The molecule has 0 saturated carbocycles. The Morgan fingerprint density at radius 2 is 1.71 bits per heavy atom. The van der Waals surface area contributed by atoms with Crippen LogP contribution in [0.2, 0.25) is 0 Å². The molecule has 2 aromatic rings. The Morgan fingerprint density at radius 1 is 1.00 bits per heavy atom. The summed E-state index contributed by atoms with van der Waals surface area (Å²) in [6.45, 7) is 0.884. The van der Waals surface area contributed by atoms with Crippen LogP contribution < -0.4 is 9.47 Å². The van der Waals surface area contributed by atoms with Crippen molar-refractivity contribution >= 4 is 11.9 Å². The lowest BCUT2D eigenvalue weighted by molar-refractivity contribution is -0.151. The lowest BCUT2D eigenvalue weighted by atomic mass is 10.1. The average Bonchev–Trinajstić information content (AvgIpc) is 2.65. The zero-order chi connectivity index (χ0) is 16.9. The van der Waals surface area contributed by atoms with Gasteiger partial charge in [-0.15, -0.1) is 0 Å². The third-order valence-corrected chi connectivity index (χ3v) is 3.52. The maximum atomic E-state index is 12.4. The van der Waals surface area contributed by atoms with Gasteiger partial charge >= 0.3 is 11.9 Å². The summed E-state index contributed by atoms with van der Waals surface area (Å²) in [6.07, 6.45) is -1.13. The first-order valence-electron chi connectivity index (χ1n) is 7.42. The maximum Gasteiger partial charge on any atom is 0.351 e. The molecule has 0 bridgehead atoms. The summed E-state index contributed by atoms with van der Waals surface area (Å²) in [4.78, 5) is 24.4. The van der Waals surface area contributed by atoms with Crippen LogP contribution >= 0.6 is 0 Å². The van der Waals surface area contributed by atoms with Gasteiger partial charge in [-0.3, -0.25) is 0 Å². The minimum absolute atomic E-state index is 0.268. The molecule has 0 N–H and O–H groups in total. The number of benzene rings is 2. The molecule has 2 aromatic carbocycles. The molecule has 6 heteroatoms. The second-order valence-corrected chi connectivity index (χ2v) is 5.08. The number of carbonyl (C=O) groups is 2. The summed E-state index contributed by atoms with van der Waals surface area (Å²) < 4.78 is 21.0. The molecular formula is C18H16O6. The number of fused-ring (bicyclic) bond motifs is 1. The molecule has 0 spiro atoms. The van der Waals surface area contributed by atoms with Crippen molar-refractivity contribution in [2.75, 3.05) is 20.3 Å². The van der Waals surface area contributed by atoms with Gasteiger partial charge in [0.2, 0.25) is 6.10 Å². The van der Waals surface area contributed by atoms with Crippen molar-refractivity contribution in [3.63, 3.8) is 0 Å². The molecule has 1 unspecified atom stereocenters. The van der Waals surface area contributed by atoms with Crippen molar-refractivity contribution in [1.29, 1.82) is 0 Å². The zero-order valence-electron chi connectivity index (χ0n) is 13.1. The van der Waals surface area contributed by atoms with E-state index in [0.29, 0.717) is 30.3 Å². The van der Waals surface area contributed by atoms with Gasteiger partial charge in [0.15, 0.2) is 11.5 Å². The molecule has 0 fully saturated rings. The van der Waals surface area contributed by atoms with Gasteiger partial charge in [-0.05, 0) is 18.2 Å². The highest BCUT2D eigenvalue weighted by molar-refractivity contribution is 5.92. The highest BCUT2D eigenvalue weighted by atomic mass is 16.6. The first-order chi connectivity index (χ1) is 11.7. The van der Waals surface area contributed by atoms with E-state index in [1.165, 1.54) is 13.2 Å². The van der Waals surface area contributed by atoms with Gasteiger partial charge in [0.1, 0.15) is 13.2 Å². The van der Waals surface area contributed by atoms with E-state index in [1.54, 1.807) is 42.5 Å². The highest BCUT2D eigenvalue weighted by Gasteiger charge is 2.27. The van der Waals surface area contributed by atoms with Crippen LogP contribution in [0.15, 0.2) is 48.5 Å². The number of hydrogen-bond donors (Lipinski definition) is 0. The summed E-state index contributed by atoms with van der Waals surface area (Å²) in [5, 5.41) is 0. The van der Waals surface area contributed by atoms with Gasteiger partial charge in [-0.1, -0.05) is 30.3 Å². The number of carbonyl (C=O) groups excluding carboxylic acids is 2. The van der Waals surface area contributed by atoms with Crippen LogP contribution in [0.25, 0.3) is 0 Å². The topological polar surface area (TPSA) is 71.1 Å². The molecule has 0 aliphatic carbocycles. The van der Waals surface area contributed by atoms with Gasteiger partial charge < -0.3 is 18.9 Å². The second-order valence-electron chi connectivity index (χ2n) is 5.08. The van der Waals surface area contributed by atoms with E-state index >= 15 is 0 Å². The fourth-order valence-corrected chi connectivity index (χ4v) is 2.33. The molecule has 0 saturated heterocycles. The molecule has 1 heterocycles. The van der Waals surface area contributed by atoms with E-state index < -0.39 is 18.0 Å². The van der Waals surface area contributed by atoms with Crippen molar-refractivity contribution in [2.45, 2.75) is 6.10 Å². The SMILES string of the molecule is COC(=O)C(OC(=O)c1ccc2c(c1)OCCO2)c1ccccc1. The molecule has 6 nitrogen and oxygen atoms in total. The molecule has 1 aliphatic heterocycles. The number of esters is 2. The van der Waals surface area contributed by atoms with Crippen LogP contribution in [0, 0.1) is 0 Å². The van der Waals surface area contributed by atoms with E-state index in [4.69, 9.17) is 18.9 Å². The van der Waals surface area contributed by atoms with E-state index in [0.717, 1.165) is 0 Å². The average molecular weight is 328 g/mol. The summed E-state index contributed by atoms with van der Waals surface area (Å²) in [5.74, 6) is -0.242. The van der Waals surface area contributed by atoms with Crippen LogP contribution in [0.4, 0.5) is 0 Å². The van der Waals surface area contributed by atoms with Gasteiger partial charge in [-0.2, -0.15) is 0 Å². The molecule has 124 valence electrons. The smallest absolute Gasteiger partial charge is 0.351 e. The minimum Gasteiger partial charge on any atom is -0.486 e. The summed E-state index contributed by atoms with van der Waals surface area (Å²) in [5.41, 5.74) is 0.805. The van der Waals surface area contributed by atoms with Gasteiger partial charge in [0.25, 0.3) is 0 Å². The molecule has 1 aliphatic rings. The molecule has 24 heavy (non-hydrogen) atoms. The molecular weight excluding hydrogens is 312 g/mol. The summed E-state index contributed by atoms with van der Waals surface area (Å²) in [6, 6.07) is 13.4. The Labute approximate surface area is 138 Å². The van der Waals surface area contributed by atoms with Gasteiger partial charge in [0.05, 0.1) is 12.7 Å². The van der Waals surface area contributed by atoms with Crippen LogP contribution in [0.5, 0.6) is 11.5 Å². The minimum atomic E-state index is -1.13. The van der Waals surface area contributed by atoms with E-state index in [2.05, 4.69) is 0 Å². The normalized spacial score (nSPS) is 13.7. The van der Waals surface area contributed by atoms with Crippen LogP contribution in [-0.4, -0.2) is 32.3 Å². The first-order valence-corrected chi connectivity index (χ1v) is 7.42. The first kappa shape index (κ1) is 15.9. The lowest BCUT2D eigenvalue weighted by Crippen LogP contribution is -2.21. The summed E-state index contributed by atoms with van der Waals surface area (Å²) >= 11 is 0. The van der Waals surface area contributed by atoms with Crippen molar-refractivity contribution in [2.24, 2.45) is 0 Å². The monoisotopic (exact) mass is 328 g/mol. The van der Waals surface area contributed by atoms with Gasteiger partial charge in [-0.25, -0.2) is 9.59 Å². The third kappa shape index (κ3) is 3.32. The van der Waals surface area contributed by atoms with Crippen LogP contribution in [0.3, 0.4) is 0 Å². The van der Waals surface area contributed by atoms with Crippen molar-refractivity contribution < 1.29 is 28.5 Å². The predicted molar refractivity (Wildman–Crippen MR) is 84.0 cm³/mol. The van der Waals surface area contributed by atoms with Crippen molar-refractivity contribution in [1.82, 2.24) is 0 Å². The number of rotatable bonds is 4. The lowest BCUT2D eigenvalue weighted by Gasteiger charge is -2.19. The fourth-order valence-electron chi connectivity index (χ4n) is 2.33. The molecule has 1 atom stereocenters. The fraction of sp³-hybridized carbons (Fsp3) is 0.222. The van der Waals surface area contributed by atoms with Crippen LogP contribution in [0.1, 0.15) is 22.0 Å². The summed E-state index contributed by atoms with van der Waals surface area (Å²) in [7, 11) is 1.25. The zero-order valence-corrected chi connectivity index (χ0v) is 13.1. The Kier molecular flexibility index (Phi) is 4.65. The number of ether oxygens (including phenoxy) is 4. The second kappa shape index (κ2) is 7.04. The Bertz CT molecular complexity index is 740. The molecule has 0 radical (unpaired) electrons. The Balaban J connectivity index is 1.82. The van der Waals surface area contributed by atoms with E-state index in [1.807, 2.05) is 0 Å². The largest absolute Gasteiger partial charge is 0.486 e. The van der Waals surface area contributed by atoms with E-state index in [-0.39, 0.29) is 5.56 Å². The van der Waals surface area contributed by atoms with Crippen LogP contribution in [-0.2, 0) is 14.3 Å². The Hall–Kier alpha value is -3.02.